The Labute approximate surface area is 125 Å². The highest BCUT2D eigenvalue weighted by Gasteiger charge is 2.33. The van der Waals surface area contributed by atoms with Crippen molar-refractivity contribution >= 4 is 20.0 Å². The van der Waals surface area contributed by atoms with Crippen molar-refractivity contribution in [3.63, 3.8) is 0 Å². The molecule has 0 bridgehead atoms. The summed E-state index contributed by atoms with van der Waals surface area (Å²) in [6, 6.07) is 0. The maximum Gasteiger partial charge on any atom is 0.531 e. The van der Waals surface area contributed by atoms with E-state index in [-0.39, 0.29) is 0 Å². The van der Waals surface area contributed by atoms with Gasteiger partial charge in [0.15, 0.2) is 0 Å². The SMILES string of the molecule is C=C[Si](C)(ON=C(C)CC(C)C)ON=C(C)CC(C)C. The average Bonchev–Trinajstić information content (AvgIpc) is 2.32. The quantitative estimate of drug-likeness (QED) is 0.353. The smallest absolute Gasteiger partial charge is 0.404 e. The number of hydrogen-bond donors (Lipinski definition) is 0. The van der Waals surface area contributed by atoms with Crippen LogP contribution in [0.1, 0.15) is 54.4 Å². The summed E-state index contributed by atoms with van der Waals surface area (Å²) >= 11 is 0. The van der Waals surface area contributed by atoms with Gasteiger partial charge in [-0.1, -0.05) is 27.7 Å². The van der Waals surface area contributed by atoms with E-state index < -0.39 is 8.56 Å². The Bertz CT molecular complexity index is 335. The second-order valence-corrected chi connectivity index (χ2v) is 9.06. The molecule has 0 N–H and O–H groups in total. The third-order valence-electron chi connectivity index (χ3n) is 2.54. The Kier molecular flexibility index (Phi) is 8.45. The molecule has 0 radical (unpaired) electrons. The first-order valence-electron chi connectivity index (χ1n) is 7.25. The Balaban J connectivity index is 4.58. The first kappa shape index (κ1) is 18.9. The summed E-state index contributed by atoms with van der Waals surface area (Å²) in [4.78, 5) is 0. The van der Waals surface area contributed by atoms with Crippen LogP contribution in [0.5, 0.6) is 0 Å². The van der Waals surface area contributed by atoms with Gasteiger partial charge in [-0.2, -0.15) is 0 Å². The van der Waals surface area contributed by atoms with E-state index in [0.29, 0.717) is 11.8 Å². The van der Waals surface area contributed by atoms with E-state index in [4.69, 9.17) is 9.05 Å². The van der Waals surface area contributed by atoms with Crippen molar-refractivity contribution in [1.29, 1.82) is 0 Å². The van der Waals surface area contributed by atoms with Crippen molar-refractivity contribution in [3.05, 3.63) is 12.3 Å². The van der Waals surface area contributed by atoms with Gasteiger partial charge in [0.05, 0.1) is 11.4 Å². The Morgan fingerprint density at radius 1 is 1.00 bits per heavy atom. The molecule has 116 valence electrons. The van der Waals surface area contributed by atoms with Crippen LogP contribution in [0.4, 0.5) is 0 Å². The second kappa shape index (κ2) is 8.95. The largest absolute Gasteiger partial charge is 0.531 e. The molecule has 4 nitrogen and oxygen atoms in total. The standard InChI is InChI=1S/C15H30N2O2Si/c1-9-20(8,18-16-14(6)10-12(2)3)19-17-15(7)11-13(4)5/h9,12-13H,1,10-11H2,2-8H3. The molecule has 5 heteroatoms. The van der Waals surface area contributed by atoms with E-state index in [1.165, 1.54) is 0 Å². The lowest BCUT2D eigenvalue weighted by Gasteiger charge is -2.18. The maximum atomic E-state index is 5.58. The van der Waals surface area contributed by atoms with Crippen molar-refractivity contribution in [1.82, 2.24) is 0 Å². The Morgan fingerprint density at radius 3 is 1.60 bits per heavy atom. The zero-order chi connectivity index (χ0) is 15.8. The number of rotatable bonds is 9. The molecule has 0 aliphatic heterocycles. The molecule has 0 saturated carbocycles. The van der Waals surface area contributed by atoms with Gasteiger partial charge in [-0.15, -0.1) is 16.9 Å². The summed E-state index contributed by atoms with van der Waals surface area (Å²) in [7, 11) is -2.56. The summed E-state index contributed by atoms with van der Waals surface area (Å²) in [6.45, 7) is 18.2. The van der Waals surface area contributed by atoms with Gasteiger partial charge in [-0.25, -0.2) is 0 Å². The van der Waals surface area contributed by atoms with E-state index in [2.05, 4.69) is 44.6 Å². The molecule has 0 spiro atoms. The highest BCUT2D eigenvalue weighted by molar-refractivity contribution is 6.71. The van der Waals surface area contributed by atoms with Crippen molar-refractivity contribution in [2.75, 3.05) is 0 Å². The van der Waals surface area contributed by atoms with Gasteiger partial charge >= 0.3 is 8.56 Å². The predicted molar refractivity (Wildman–Crippen MR) is 89.1 cm³/mol. The van der Waals surface area contributed by atoms with Crippen LogP contribution in [0, 0.1) is 11.8 Å². The van der Waals surface area contributed by atoms with E-state index >= 15 is 0 Å². The minimum absolute atomic E-state index is 0.561. The van der Waals surface area contributed by atoms with Gasteiger partial charge in [0.2, 0.25) is 0 Å². The van der Waals surface area contributed by atoms with Crippen molar-refractivity contribution < 1.29 is 9.05 Å². The van der Waals surface area contributed by atoms with Gasteiger partial charge in [-0.3, -0.25) is 0 Å². The van der Waals surface area contributed by atoms with Crippen LogP contribution in [0.25, 0.3) is 0 Å². The summed E-state index contributed by atoms with van der Waals surface area (Å²) in [6.07, 6.45) is 1.83. The molecule has 0 aromatic rings. The predicted octanol–water partition coefficient (Wildman–Crippen LogP) is 4.66. The minimum atomic E-state index is -2.56. The molecular formula is C15H30N2O2Si. The fourth-order valence-electron chi connectivity index (χ4n) is 1.68. The molecule has 20 heavy (non-hydrogen) atoms. The van der Waals surface area contributed by atoms with Gasteiger partial charge < -0.3 is 9.05 Å². The zero-order valence-corrected chi connectivity index (χ0v) is 15.1. The average molecular weight is 299 g/mol. The van der Waals surface area contributed by atoms with Crippen molar-refractivity contribution in [2.24, 2.45) is 22.1 Å². The van der Waals surface area contributed by atoms with Crippen LogP contribution in [-0.2, 0) is 9.05 Å². The van der Waals surface area contributed by atoms with Gasteiger partial charge in [0.1, 0.15) is 0 Å². The number of oxime groups is 2. The molecule has 0 atom stereocenters. The number of nitrogens with zero attached hydrogens (tertiary/aromatic N) is 2. The van der Waals surface area contributed by atoms with Crippen LogP contribution < -0.4 is 0 Å². The lowest BCUT2D eigenvalue weighted by molar-refractivity contribution is 0.196. The van der Waals surface area contributed by atoms with Crippen LogP contribution in [0.2, 0.25) is 6.55 Å². The lowest BCUT2D eigenvalue weighted by atomic mass is 10.1. The first-order chi connectivity index (χ1) is 9.18. The molecule has 0 unspecified atom stereocenters. The summed E-state index contributed by atoms with van der Waals surface area (Å²) < 4.78 is 11.2. The third kappa shape index (κ3) is 8.91. The fraction of sp³-hybridized carbons (Fsp3) is 0.733. The van der Waals surface area contributed by atoms with Crippen LogP contribution in [0.3, 0.4) is 0 Å². The molecule has 0 aromatic heterocycles. The van der Waals surface area contributed by atoms with E-state index in [0.717, 1.165) is 24.3 Å². The van der Waals surface area contributed by atoms with Crippen LogP contribution >= 0.6 is 0 Å². The molecule has 0 heterocycles. The summed E-state index contributed by atoms with van der Waals surface area (Å²) in [5.41, 5.74) is 3.63. The van der Waals surface area contributed by atoms with Crippen molar-refractivity contribution in [2.45, 2.75) is 60.9 Å². The van der Waals surface area contributed by atoms with E-state index in [1.54, 1.807) is 5.70 Å². The minimum Gasteiger partial charge on any atom is -0.404 e. The van der Waals surface area contributed by atoms with Crippen LogP contribution in [0.15, 0.2) is 22.6 Å². The molecular weight excluding hydrogens is 268 g/mol. The van der Waals surface area contributed by atoms with Gasteiger partial charge in [0, 0.05) is 6.55 Å². The molecule has 0 saturated heterocycles. The second-order valence-electron chi connectivity index (χ2n) is 6.25. The third-order valence-corrected chi connectivity index (χ3v) is 4.19. The molecule has 0 rings (SSSR count). The lowest BCUT2D eigenvalue weighted by Crippen LogP contribution is -2.33. The topological polar surface area (TPSA) is 43.2 Å². The molecule has 0 amide bonds. The Morgan fingerprint density at radius 2 is 1.35 bits per heavy atom. The number of hydrogen-bond acceptors (Lipinski definition) is 4. The summed E-state index contributed by atoms with van der Waals surface area (Å²) in [5, 5.41) is 8.32. The van der Waals surface area contributed by atoms with E-state index in [9.17, 15) is 0 Å². The molecule has 0 aromatic carbocycles. The summed E-state index contributed by atoms with van der Waals surface area (Å²) in [5.74, 6) is 1.12. The highest BCUT2D eigenvalue weighted by Crippen LogP contribution is 2.12. The maximum absolute atomic E-state index is 5.58. The van der Waals surface area contributed by atoms with E-state index in [1.807, 2.05) is 20.4 Å². The fourth-order valence-corrected chi connectivity index (χ4v) is 2.54. The van der Waals surface area contributed by atoms with Crippen LogP contribution in [-0.4, -0.2) is 20.0 Å². The normalized spacial score (nSPS) is 16.2. The van der Waals surface area contributed by atoms with Crippen molar-refractivity contribution in [3.8, 4) is 0 Å². The molecule has 0 aliphatic rings. The molecule has 0 aliphatic carbocycles. The van der Waals surface area contributed by atoms with Gasteiger partial charge in [0.25, 0.3) is 0 Å². The first-order valence-corrected chi connectivity index (χ1v) is 9.64. The highest BCUT2D eigenvalue weighted by atomic mass is 28.4. The zero-order valence-electron chi connectivity index (χ0n) is 14.1. The monoisotopic (exact) mass is 298 g/mol. The Hall–Kier alpha value is -1.10. The van der Waals surface area contributed by atoms with Gasteiger partial charge in [-0.05, 0) is 44.2 Å². The molecule has 0 fully saturated rings.